The van der Waals surface area contributed by atoms with Crippen LogP contribution in [0.4, 0.5) is 11.4 Å². The van der Waals surface area contributed by atoms with Crippen LogP contribution in [0.2, 0.25) is 0 Å². The van der Waals surface area contributed by atoms with Gasteiger partial charge in [-0.2, -0.15) is 0 Å². The minimum absolute atomic E-state index is 0.0589. The van der Waals surface area contributed by atoms with Gasteiger partial charge in [-0.1, -0.05) is 13.8 Å². The van der Waals surface area contributed by atoms with E-state index in [-0.39, 0.29) is 24.9 Å². The fourth-order valence-corrected chi connectivity index (χ4v) is 3.07. The molecule has 7 heteroatoms. The van der Waals surface area contributed by atoms with Crippen molar-refractivity contribution in [3.63, 3.8) is 0 Å². The highest BCUT2D eigenvalue weighted by Gasteiger charge is 2.17. The molecule has 1 aromatic carbocycles. The maximum absolute atomic E-state index is 12.0. The Balaban J connectivity index is 2.76. The lowest BCUT2D eigenvalue weighted by Crippen LogP contribution is -2.38. The Morgan fingerprint density at radius 2 is 1.65 bits per heavy atom. The first-order chi connectivity index (χ1) is 10.6. The van der Waals surface area contributed by atoms with Gasteiger partial charge in [0, 0.05) is 32.7 Å². The number of hydrogen-bond donors (Lipinski definition) is 1. The number of anilines is 2. The van der Waals surface area contributed by atoms with E-state index in [0.29, 0.717) is 12.1 Å². The molecule has 1 N–H and O–H groups in total. The highest BCUT2D eigenvalue weighted by Crippen LogP contribution is 2.21. The van der Waals surface area contributed by atoms with Crippen molar-refractivity contribution in [2.45, 2.75) is 20.3 Å². The van der Waals surface area contributed by atoms with Gasteiger partial charge in [0.15, 0.2) is 0 Å². The van der Waals surface area contributed by atoms with Gasteiger partial charge in [-0.05, 0) is 30.2 Å². The minimum atomic E-state index is -3.40. The molecule has 0 fully saturated rings. The van der Waals surface area contributed by atoms with Crippen molar-refractivity contribution in [2.24, 2.45) is 5.92 Å². The third kappa shape index (κ3) is 6.48. The third-order valence-electron chi connectivity index (χ3n) is 3.29. The minimum Gasteiger partial charge on any atom is -0.378 e. The predicted octanol–water partition coefficient (Wildman–Crippen LogP) is 1.68. The van der Waals surface area contributed by atoms with Gasteiger partial charge in [0.05, 0.1) is 18.5 Å². The third-order valence-corrected chi connectivity index (χ3v) is 4.48. The van der Waals surface area contributed by atoms with Crippen LogP contribution in [0.5, 0.6) is 0 Å². The van der Waals surface area contributed by atoms with Crippen LogP contribution in [-0.4, -0.2) is 47.8 Å². The van der Waals surface area contributed by atoms with Crippen LogP contribution in [0, 0.1) is 5.92 Å². The Morgan fingerprint density at radius 3 is 2.09 bits per heavy atom. The molecule has 0 heterocycles. The van der Waals surface area contributed by atoms with E-state index in [1.54, 1.807) is 12.1 Å². The lowest BCUT2D eigenvalue weighted by atomic mass is 10.1. The SMILES string of the molecule is CC(C)CC(=O)NCCN(c1ccc(N(C)C)cc1)S(C)(=O)=O. The quantitative estimate of drug-likeness (QED) is 0.781. The standard InChI is InChI=1S/C16H27N3O3S/c1-13(2)12-16(20)17-10-11-19(23(5,21)22)15-8-6-14(7-9-15)18(3)4/h6-9,13H,10-12H2,1-5H3,(H,17,20). The van der Waals surface area contributed by atoms with Gasteiger partial charge in [-0.15, -0.1) is 0 Å². The number of nitrogens with zero attached hydrogens (tertiary/aromatic N) is 2. The summed E-state index contributed by atoms with van der Waals surface area (Å²) in [5.41, 5.74) is 1.59. The smallest absolute Gasteiger partial charge is 0.232 e. The van der Waals surface area contributed by atoms with Gasteiger partial charge >= 0.3 is 0 Å². The van der Waals surface area contributed by atoms with Crippen molar-refractivity contribution in [3.05, 3.63) is 24.3 Å². The molecule has 1 rings (SSSR count). The second-order valence-electron chi connectivity index (χ2n) is 6.19. The molecule has 1 amide bonds. The van der Waals surface area contributed by atoms with Crippen molar-refractivity contribution in [1.82, 2.24) is 5.32 Å². The summed E-state index contributed by atoms with van der Waals surface area (Å²) in [6, 6.07) is 7.27. The molecule has 0 aliphatic rings. The topological polar surface area (TPSA) is 69.7 Å². The number of nitrogens with one attached hydrogen (secondary N) is 1. The van der Waals surface area contributed by atoms with E-state index in [2.05, 4.69) is 5.32 Å². The van der Waals surface area contributed by atoms with E-state index in [0.717, 1.165) is 5.69 Å². The lowest BCUT2D eigenvalue weighted by molar-refractivity contribution is -0.121. The van der Waals surface area contributed by atoms with Gasteiger partial charge in [-0.3, -0.25) is 9.10 Å². The van der Waals surface area contributed by atoms with Crippen molar-refractivity contribution in [3.8, 4) is 0 Å². The molecule has 0 saturated heterocycles. The second kappa shape index (κ2) is 8.19. The van der Waals surface area contributed by atoms with E-state index in [9.17, 15) is 13.2 Å². The van der Waals surface area contributed by atoms with Gasteiger partial charge in [0.1, 0.15) is 0 Å². The van der Waals surface area contributed by atoms with Gasteiger partial charge in [0.25, 0.3) is 0 Å². The zero-order valence-corrected chi connectivity index (χ0v) is 15.4. The van der Waals surface area contributed by atoms with Crippen LogP contribution in [0.1, 0.15) is 20.3 Å². The summed E-state index contributed by atoms with van der Waals surface area (Å²) >= 11 is 0. The van der Waals surface area contributed by atoms with Gasteiger partial charge < -0.3 is 10.2 Å². The number of amides is 1. The predicted molar refractivity (Wildman–Crippen MR) is 95.4 cm³/mol. The van der Waals surface area contributed by atoms with Crippen molar-refractivity contribution in [2.75, 3.05) is 42.6 Å². The van der Waals surface area contributed by atoms with Crippen LogP contribution in [-0.2, 0) is 14.8 Å². The summed E-state index contributed by atoms with van der Waals surface area (Å²) in [5, 5.41) is 2.76. The Hall–Kier alpha value is -1.76. The van der Waals surface area contributed by atoms with Crippen LogP contribution < -0.4 is 14.5 Å². The van der Waals surface area contributed by atoms with Crippen LogP contribution in [0.25, 0.3) is 0 Å². The van der Waals surface area contributed by atoms with E-state index < -0.39 is 10.0 Å². The first-order valence-corrected chi connectivity index (χ1v) is 9.48. The molecule has 0 spiro atoms. The summed E-state index contributed by atoms with van der Waals surface area (Å²) < 4.78 is 25.3. The lowest BCUT2D eigenvalue weighted by Gasteiger charge is -2.23. The molecule has 1 aromatic rings. The normalized spacial score (nSPS) is 11.4. The van der Waals surface area contributed by atoms with Crippen LogP contribution in [0.3, 0.4) is 0 Å². The Bertz CT molecular complexity index is 610. The van der Waals surface area contributed by atoms with Crippen molar-refractivity contribution < 1.29 is 13.2 Å². The number of carbonyl (C=O) groups is 1. The molecule has 0 atom stereocenters. The molecule has 0 saturated carbocycles. The molecule has 6 nitrogen and oxygen atoms in total. The number of carbonyl (C=O) groups excluding carboxylic acids is 1. The summed E-state index contributed by atoms with van der Waals surface area (Å²) in [4.78, 5) is 13.6. The molecule has 130 valence electrons. The van der Waals surface area contributed by atoms with Crippen molar-refractivity contribution >= 4 is 27.3 Å². The molecule has 0 bridgehead atoms. The maximum Gasteiger partial charge on any atom is 0.232 e. The van der Waals surface area contributed by atoms with Gasteiger partial charge in [0.2, 0.25) is 15.9 Å². The molecule has 0 aromatic heterocycles. The Labute approximate surface area is 139 Å². The first kappa shape index (κ1) is 19.3. The number of sulfonamides is 1. The van der Waals surface area contributed by atoms with Crippen LogP contribution in [0.15, 0.2) is 24.3 Å². The summed E-state index contributed by atoms with van der Waals surface area (Å²) in [5.74, 6) is 0.219. The maximum atomic E-state index is 12.0. The summed E-state index contributed by atoms with van der Waals surface area (Å²) in [6.45, 7) is 4.43. The van der Waals surface area contributed by atoms with E-state index >= 15 is 0 Å². The summed E-state index contributed by atoms with van der Waals surface area (Å²) in [6.07, 6.45) is 1.61. The Kier molecular flexibility index (Phi) is 6.87. The number of rotatable bonds is 8. The molecular formula is C16H27N3O3S. The molecule has 0 aliphatic heterocycles. The number of hydrogen-bond acceptors (Lipinski definition) is 4. The zero-order valence-electron chi connectivity index (χ0n) is 14.5. The second-order valence-corrected chi connectivity index (χ2v) is 8.10. The fraction of sp³-hybridized carbons (Fsp3) is 0.562. The van der Waals surface area contributed by atoms with E-state index in [1.807, 2.05) is 45.0 Å². The molecule has 0 unspecified atom stereocenters. The Morgan fingerprint density at radius 1 is 1.13 bits per heavy atom. The van der Waals surface area contributed by atoms with E-state index in [4.69, 9.17) is 0 Å². The summed E-state index contributed by atoms with van der Waals surface area (Å²) in [7, 11) is 0.445. The van der Waals surface area contributed by atoms with Gasteiger partial charge in [-0.25, -0.2) is 8.42 Å². The monoisotopic (exact) mass is 341 g/mol. The molecule has 0 aliphatic carbocycles. The fourth-order valence-electron chi connectivity index (χ4n) is 2.14. The average molecular weight is 341 g/mol. The van der Waals surface area contributed by atoms with Crippen molar-refractivity contribution in [1.29, 1.82) is 0 Å². The number of benzene rings is 1. The largest absolute Gasteiger partial charge is 0.378 e. The van der Waals surface area contributed by atoms with Crippen LogP contribution >= 0.6 is 0 Å². The zero-order chi connectivity index (χ0) is 17.6. The van der Waals surface area contributed by atoms with E-state index in [1.165, 1.54) is 10.6 Å². The molecule has 0 radical (unpaired) electrons. The highest BCUT2D eigenvalue weighted by atomic mass is 32.2. The highest BCUT2D eigenvalue weighted by molar-refractivity contribution is 7.92. The molecule has 23 heavy (non-hydrogen) atoms. The first-order valence-electron chi connectivity index (χ1n) is 7.63. The molecular weight excluding hydrogens is 314 g/mol. The average Bonchev–Trinajstić information content (AvgIpc) is 2.41.